The number of ether oxygens (including phenoxy) is 2. The molecule has 55 heavy (non-hydrogen) atoms. The fourth-order valence-corrected chi connectivity index (χ4v) is 5.99. The molecule has 0 amide bonds. The number of alkyl halides is 4. The number of aromatic nitrogens is 4. The Kier molecular flexibility index (Phi) is 13.8. The third-order valence-corrected chi connectivity index (χ3v) is 9.37. The third kappa shape index (κ3) is 10.1. The number of sulfonamides is 2. The molecule has 0 spiro atoms. The van der Waals surface area contributed by atoms with Gasteiger partial charge in [0.1, 0.15) is 11.4 Å². The van der Waals surface area contributed by atoms with Crippen molar-refractivity contribution in [1.29, 1.82) is 0 Å². The molecule has 0 radical (unpaired) electrons. The van der Waals surface area contributed by atoms with Crippen molar-refractivity contribution in [2.75, 3.05) is 14.2 Å². The van der Waals surface area contributed by atoms with Crippen LogP contribution in [0.2, 0.25) is 0 Å². The number of hydrogen-bond acceptors (Lipinski definition) is 8. The molecule has 2 N–H and O–H groups in total. The van der Waals surface area contributed by atoms with E-state index in [9.17, 15) is 43.2 Å². The summed E-state index contributed by atoms with van der Waals surface area (Å²) in [6.45, 7) is 0. The summed E-state index contributed by atoms with van der Waals surface area (Å²) in [5.41, 5.74) is 0.467. The average Bonchev–Trinajstić information content (AvgIpc) is 3.78. The van der Waals surface area contributed by atoms with Crippen LogP contribution < -0.4 is 9.47 Å². The second-order valence-electron chi connectivity index (χ2n) is 11.0. The van der Waals surface area contributed by atoms with Gasteiger partial charge in [0.25, 0.3) is 12.9 Å². The minimum absolute atomic E-state index is 0. The smallest absolute Gasteiger partial charge is 0.560 e. The van der Waals surface area contributed by atoms with Gasteiger partial charge in [-0.3, -0.25) is 0 Å². The number of rotatable bonds is 10. The van der Waals surface area contributed by atoms with Gasteiger partial charge in [0, 0.05) is 20.9 Å². The zero-order valence-corrected chi connectivity index (χ0v) is 32.3. The van der Waals surface area contributed by atoms with E-state index >= 15 is 0 Å². The van der Waals surface area contributed by atoms with E-state index in [2.05, 4.69) is 10.2 Å². The van der Waals surface area contributed by atoms with Gasteiger partial charge in [0.15, 0.2) is 23.1 Å². The molecule has 12 nitrogen and oxygen atoms in total. The molecule has 0 fully saturated rings. The molecule has 0 saturated heterocycles. The quantitative estimate of drug-likeness (QED) is 0.0980. The van der Waals surface area contributed by atoms with E-state index in [1.807, 2.05) is 0 Å². The van der Waals surface area contributed by atoms with Crippen LogP contribution in [0, 0.1) is 11.6 Å². The Morgan fingerprint density at radius 1 is 0.564 bits per heavy atom. The molecule has 2 aromatic heterocycles. The van der Waals surface area contributed by atoms with E-state index in [4.69, 9.17) is 19.8 Å². The Balaban J connectivity index is 0.000000240. The van der Waals surface area contributed by atoms with Crippen LogP contribution in [0.15, 0.2) is 107 Å². The van der Waals surface area contributed by atoms with Gasteiger partial charge < -0.3 is 19.8 Å². The van der Waals surface area contributed by atoms with Crippen molar-refractivity contribution in [1.82, 2.24) is 19.6 Å². The van der Waals surface area contributed by atoms with Crippen LogP contribution in [0.3, 0.4) is 0 Å². The minimum atomic E-state index is -4.15. The molecule has 284 valence electrons. The molecule has 0 bridgehead atoms. The van der Waals surface area contributed by atoms with Gasteiger partial charge in [-0.15, -0.1) is 0 Å². The minimum Gasteiger partial charge on any atom is -0.560 e. The van der Waals surface area contributed by atoms with Crippen molar-refractivity contribution in [2.24, 2.45) is 0 Å². The molecule has 0 unspecified atom stereocenters. The molecule has 2 heterocycles. The van der Waals surface area contributed by atoms with Crippen LogP contribution in [0.25, 0.3) is 44.2 Å². The average molecular weight is 833 g/mol. The monoisotopic (exact) mass is 832 g/mol. The Labute approximate surface area is 340 Å². The van der Waals surface area contributed by atoms with Crippen LogP contribution in [-0.4, -0.2) is 88.4 Å². The first-order chi connectivity index (χ1) is 25.4. The molecule has 0 atom stereocenters. The van der Waals surface area contributed by atoms with Gasteiger partial charge in [-0.05, 0) is 97.1 Å². The van der Waals surface area contributed by atoms with Crippen LogP contribution in [-0.2, 0) is 20.0 Å². The normalized spacial score (nSPS) is 11.6. The van der Waals surface area contributed by atoms with Crippen LogP contribution in [0.5, 0.6) is 11.5 Å². The van der Waals surface area contributed by atoms with E-state index in [1.165, 1.54) is 87.0 Å². The molecule has 0 saturated carbocycles. The maximum Gasteiger partial charge on any atom is 2.00 e. The summed E-state index contributed by atoms with van der Waals surface area (Å²) in [4.78, 5) is -0.492. The Morgan fingerprint density at radius 2 is 0.891 bits per heavy atom. The molecule has 4 aromatic carbocycles. The summed E-state index contributed by atoms with van der Waals surface area (Å²) in [6.07, 6.45) is -5.69. The number of hydrogen-bond donors (Lipinski definition) is 0. The van der Waals surface area contributed by atoms with E-state index < -0.39 is 55.9 Å². The first-order valence-electron chi connectivity index (χ1n) is 15.1. The van der Waals surface area contributed by atoms with E-state index in [0.717, 1.165) is 33.6 Å². The van der Waals surface area contributed by atoms with Crippen molar-refractivity contribution in [3.05, 3.63) is 130 Å². The summed E-state index contributed by atoms with van der Waals surface area (Å²) in [5, 5.41) is 21.8. The van der Waals surface area contributed by atoms with Gasteiger partial charge in [-0.1, -0.05) is 0 Å². The van der Waals surface area contributed by atoms with Gasteiger partial charge in [-0.25, -0.2) is 52.5 Å². The van der Waals surface area contributed by atoms with E-state index in [0.29, 0.717) is 0 Å². The number of benzene rings is 4. The molecule has 0 aliphatic carbocycles. The van der Waals surface area contributed by atoms with Crippen LogP contribution >= 0.6 is 0 Å². The van der Waals surface area contributed by atoms with Crippen molar-refractivity contribution in [3.8, 4) is 45.4 Å². The van der Waals surface area contributed by atoms with Gasteiger partial charge in [-0.2, -0.15) is 10.2 Å². The Hall–Kier alpha value is -4.44. The fourth-order valence-electron chi connectivity index (χ4n) is 5.00. The molecular formula is C34H26CaF6N6O6S2. The largest absolute Gasteiger partial charge is 2.00 e. The van der Waals surface area contributed by atoms with Gasteiger partial charge >= 0.3 is 37.7 Å². The zero-order chi connectivity index (χ0) is 39.5. The van der Waals surface area contributed by atoms with Crippen molar-refractivity contribution in [3.63, 3.8) is 0 Å². The summed E-state index contributed by atoms with van der Waals surface area (Å²) >= 11 is 0. The van der Waals surface area contributed by atoms with Gasteiger partial charge in [0.2, 0.25) is 0 Å². The number of methoxy groups -OCH3 is 2. The standard InChI is InChI=1S/2C17H13F3N3O3S.Ca/c2*1-26-16-7-2-10(8-13(16)18)15-9-14(17(19)20)22-23(15)11-3-5-12(6-4-11)27(21,24)25;/h2*2-9,17H,1H3,(H-,21,24,25);/q2*-1;+2. The fraction of sp³-hybridized carbons (Fsp3) is 0.118. The van der Waals surface area contributed by atoms with E-state index in [-0.39, 0.29) is 92.9 Å². The van der Waals surface area contributed by atoms with E-state index in [1.54, 1.807) is 0 Å². The van der Waals surface area contributed by atoms with Crippen LogP contribution in [0.4, 0.5) is 26.3 Å². The molecule has 6 aromatic rings. The summed E-state index contributed by atoms with van der Waals surface area (Å²) < 4.78 is 138. The molecular weight excluding hydrogens is 807 g/mol. The maximum absolute atomic E-state index is 14.0. The Morgan fingerprint density at radius 3 is 1.15 bits per heavy atom. The molecule has 0 aliphatic heterocycles. The number of halogens is 6. The van der Waals surface area contributed by atoms with Crippen molar-refractivity contribution < 1.29 is 52.7 Å². The SMILES string of the molecule is COc1ccc(-c2cc(C(F)F)nn2-c2ccc(S([NH-])(=O)=O)cc2)cc1F.COc1ccc(-c2cc(C(F)F)nn2-c2ccc(S([NH-])(=O)=O)cc2)cc1F.[Ca+2]. The predicted molar refractivity (Wildman–Crippen MR) is 190 cm³/mol. The van der Waals surface area contributed by atoms with Crippen molar-refractivity contribution >= 4 is 57.8 Å². The Bertz CT molecular complexity index is 2340. The molecule has 21 heteroatoms. The van der Waals surface area contributed by atoms with Crippen LogP contribution in [0.1, 0.15) is 24.2 Å². The molecule has 0 aliphatic rings. The second-order valence-corrected chi connectivity index (χ2v) is 14.0. The van der Waals surface area contributed by atoms with Crippen molar-refractivity contribution in [2.45, 2.75) is 22.6 Å². The summed E-state index contributed by atoms with van der Waals surface area (Å²) in [6, 6.07) is 20.2. The summed E-state index contributed by atoms with van der Waals surface area (Å²) in [7, 11) is -5.69. The summed E-state index contributed by atoms with van der Waals surface area (Å²) in [5.74, 6) is -1.33. The number of nitrogens with one attached hydrogen (secondary N) is 2. The second kappa shape index (κ2) is 17.6. The molecule has 6 rings (SSSR count). The number of nitrogens with zero attached hydrogens (tertiary/aromatic N) is 4. The topological polar surface area (TPSA) is 170 Å². The third-order valence-electron chi connectivity index (χ3n) is 7.58. The maximum atomic E-state index is 14.0. The van der Waals surface area contributed by atoms with Gasteiger partial charge in [0.05, 0.1) is 57.0 Å². The zero-order valence-electron chi connectivity index (χ0n) is 28.4. The predicted octanol–water partition coefficient (Wildman–Crippen LogP) is 8.35. The first kappa shape index (κ1) is 43.3. The first-order valence-corrected chi connectivity index (χ1v) is 18.0.